The van der Waals surface area contributed by atoms with E-state index in [2.05, 4.69) is 20.5 Å². The predicted molar refractivity (Wildman–Crippen MR) is 144 cm³/mol. The topological polar surface area (TPSA) is 96.0 Å². The number of pyridine rings is 1. The fourth-order valence-corrected chi connectivity index (χ4v) is 4.94. The molecule has 3 heterocycles. The minimum atomic E-state index is -0.277. The number of aromatic nitrogens is 1. The van der Waals surface area contributed by atoms with Crippen LogP contribution in [0.15, 0.2) is 60.8 Å². The zero-order valence-corrected chi connectivity index (χ0v) is 21.2. The molecule has 2 aliphatic heterocycles. The van der Waals surface area contributed by atoms with Gasteiger partial charge in [0.05, 0.1) is 24.7 Å². The number of fused-ring (bicyclic) bond motifs is 1. The molecule has 9 heteroatoms. The summed E-state index contributed by atoms with van der Waals surface area (Å²) in [6.07, 6.45) is 3.47. The molecule has 0 spiro atoms. The number of likely N-dealkylation sites (N-methyl/N-ethyl adjacent to an activating group) is 1. The van der Waals surface area contributed by atoms with E-state index >= 15 is 0 Å². The normalized spacial score (nSPS) is 17.8. The first-order valence-corrected chi connectivity index (χ1v) is 12.4. The van der Waals surface area contributed by atoms with E-state index in [0.29, 0.717) is 30.3 Å². The molecule has 3 aromatic rings. The molecule has 0 aliphatic carbocycles. The first kappa shape index (κ1) is 24.6. The maximum Gasteiger partial charge on any atom is 0.255 e. The number of benzene rings is 2. The number of amides is 2. The molecule has 0 radical (unpaired) electrons. The van der Waals surface area contributed by atoms with Gasteiger partial charge in [-0.2, -0.15) is 0 Å². The standard InChI is InChI=1S/C28H31N5O4/c1-18-28(35)32(2)25-17-29-26(16-24(25)33(18)22-11-13-37-14-12-22)30-21-6-4-5-19(15-21)27(34)31-20-7-9-23(36-3)10-8-20/h4-10,15-18,22H,11-14H2,1-3H3,(H,29,30)(H,31,34). The summed E-state index contributed by atoms with van der Waals surface area (Å²) in [5.74, 6) is 1.20. The first-order valence-electron chi connectivity index (χ1n) is 12.4. The third-order valence-corrected chi connectivity index (χ3v) is 6.94. The van der Waals surface area contributed by atoms with Crippen molar-refractivity contribution in [2.24, 2.45) is 0 Å². The molecule has 37 heavy (non-hydrogen) atoms. The number of methoxy groups -OCH3 is 1. The Morgan fingerprint density at radius 3 is 2.54 bits per heavy atom. The number of carbonyl (C=O) groups excluding carboxylic acids is 2. The van der Waals surface area contributed by atoms with E-state index in [1.807, 2.05) is 25.1 Å². The van der Waals surface area contributed by atoms with Gasteiger partial charge in [0.25, 0.3) is 5.91 Å². The molecule has 2 N–H and O–H groups in total. The van der Waals surface area contributed by atoms with Crippen LogP contribution in [0.1, 0.15) is 30.1 Å². The first-order chi connectivity index (χ1) is 17.9. The van der Waals surface area contributed by atoms with Crippen LogP contribution < -0.4 is 25.2 Å². The van der Waals surface area contributed by atoms with Crippen molar-refractivity contribution in [2.45, 2.75) is 31.8 Å². The molecule has 0 bridgehead atoms. The highest BCUT2D eigenvalue weighted by atomic mass is 16.5. The zero-order chi connectivity index (χ0) is 25.9. The van der Waals surface area contributed by atoms with Gasteiger partial charge < -0.3 is 29.9 Å². The third-order valence-electron chi connectivity index (χ3n) is 6.94. The van der Waals surface area contributed by atoms with Crippen molar-refractivity contribution in [2.75, 3.05) is 47.8 Å². The zero-order valence-electron chi connectivity index (χ0n) is 21.2. The molecule has 1 saturated heterocycles. The minimum Gasteiger partial charge on any atom is -0.497 e. The van der Waals surface area contributed by atoms with Crippen molar-refractivity contribution >= 4 is 40.4 Å². The highest BCUT2D eigenvalue weighted by molar-refractivity contribution is 6.06. The van der Waals surface area contributed by atoms with Gasteiger partial charge in [-0.25, -0.2) is 4.98 Å². The second-order valence-corrected chi connectivity index (χ2v) is 9.27. The maximum absolute atomic E-state index is 12.9. The lowest BCUT2D eigenvalue weighted by Crippen LogP contribution is -2.55. The van der Waals surface area contributed by atoms with Crippen LogP contribution in [0.4, 0.5) is 28.6 Å². The molecular formula is C28H31N5O4. The SMILES string of the molecule is COc1ccc(NC(=O)c2cccc(Nc3cc4c(cn3)N(C)C(=O)C(C)N4C3CCOCC3)c2)cc1. The number of nitrogens with one attached hydrogen (secondary N) is 2. The van der Waals surface area contributed by atoms with Crippen molar-refractivity contribution < 1.29 is 19.1 Å². The maximum atomic E-state index is 12.9. The molecule has 1 fully saturated rings. The quantitative estimate of drug-likeness (QED) is 0.516. The summed E-state index contributed by atoms with van der Waals surface area (Å²) >= 11 is 0. The van der Waals surface area contributed by atoms with Crippen LogP contribution in [-0.4, -0.2) is 56.3 Å². The molecule has 192 valence electrons. The Morgan fingerprint density at radius 1 is 1.05 bits per heavy atom. The van der Waals surface area contributed by atoms with Crippen LogP contribution in [0.25, 0.3) is 0 Å². The monoisotopic (exact) mass is 501 g/mol. The molecule has 2 amide bonds. The molecule has 2 aromatic carbocycles. The molecule has 9 nitrogen and oxygen atoms in total. The van der Waals surface area contributed by atoms with Crippen LogP contribution in [0, 0.1) is 0 Å². The van der Waals surface area contributed by atoms with Gasteiger partial charge in [-0.15, -0.1) is 0 Å². The van der Waals surface area contributed by atoms with Gasteiger partial charge in [0.15, 0.2) is 0 Å². The van der Waals surface area contributed by atoms with Gasteiger partial charge in [0.1, 0.15) is 17.6 Å². The number of anilines is 5. The number of carbonyl (C=O) groups is 2. The van der Waals surface area contributed by atoms with Crippen molar-refractivity contribution in [3.63, 3.8) is 0 Å². The molecule has 0 saturated carbocycles. The second kappa shape index (κ2) is 10.5. The van der Waals surface area contributed by atoms with Gasteiger partial charge in [0, 0.05) is 49.3 Å². The van der Waals surface area contributed by atoms with Crippen molar-refractivity contribution in [3.8, 4) is 5.75 Å². The summed E-state index contributed by atoms with van der Waals surface area (Å²) in [6, 6.07) is 16.4. The third kappa shape index (κ3) is 5.08. The largest absolute Gasteiger partial charge is 0.497 e. The summed E-state index contributed by atoms with van der Waals surface area (Å²) in [5.41, 5.74) is 3.68. The van der Waals surface area contributed by atoms with E-state index in [1.165, 1.54) is 0 Å². The Labute approximate surface area is 216 Å². The number of rotatable bonds is 6. The number of ether oxygens (including phenoxy) is 2. The number of hydrogen-bond acceptors (Lipinski definition) is 7. The van der Waals surface area contributed by atoms with Crippen LogP contribution in [0.2, 0.25) is 0 Å². The summed E-state index contributed by atoms with van der Waals surface area (Å²) in [6.45, 7) is 3.33. The average Bonchev–Trinajstić information content (AvgIpc) is 2.93. The molecule has 5 rings (SSSR count). The molecule has 1 unspecified atom stereocenters. The Bertz CT molecular complexity index is 1290. The van der Waals surface area contributed by atoms with Crippen LogP contribution in [0.3, 0.4) is 0 Å². The van der Waals surface area contributed by atoms with Crippen molar-refractivity contribution in [1.29, 1.82) is 0 Å². The van der Waals surface area contributed by atoms with Crippen molar-refractivity contribution in [3.05, 3.63) is 66.4 Å². The summed E-state index contributed by atoms with van der Waals surface area (Å²) in [7, 11) is 3.39. The van der Waals surface area contributed by atoms with E-state index in [1.54, 1.807) is 61.7 Å². The lowest BCUT2D eigenvalue weighted by atomic mass is 10.00. The molecule has 2 aliphatic rings. The lowest BCUT2D eigenvalue weighted by Gasteiger charge is -2.45. The fraction of sp³-hybridized carbons (Fsp3) is 0.321. The van der Waals surface area contributed by atoms with Crippen LogP contribution >= 0.6 is 0 Å². The minimum absolute atomic E-state index is 0.0528. The van der Waals surface area contributed by atoms with Gasteiger partial charge >= 0.3 is 0 Å². The Kier molecular flexibility index (Phi) is 6.96. The second-order valence-electron chi connectivity index (χ2n) is 9.27. The lowest BCUT2D eigenvalue weighted by molar-refractivity contribution is -0.119. The Hall–Kier alpha value is -4.11. The van der Waals surface area contributed by atoms with Crippen LogP contribution in [0.5, 0.6) is 5.75 Å². The average molecular weight is 502 g/mol. The smallest absolute Gasteiger partial charge is 0.255 e. The van der Waals surface area contributed by atoms with E-state index in [0.717, 1.165) is 35.7 Å². The Morgan fingerprint density at radius 2 is 1.81 bits per heavy atom. The summed E-state index contributed by atoms with van der Waals surface area (Å²) < 4.78 is 10.7. The van der Waals surface area contributed by atoms with E-state index < -0.39 is 0 Å². The van der Waals surface area contributed by atoms with Gasteiger partial charge in [-0.1, -0.05) is 6.07 Å². The van der Waals surface area contributed by atoms with Crippen LogP contribution in [-0.2, 0) is 9.53 Å². The molecule has 1 atom stereocenters. The number of hydrogen-bond donors (Lipinski definition) is 2. The highest BCUT2D eigenvalue weighted by Crippen LogP contribution is 2.39. The highest BCUT2D eigenvalue weighted by Gasteiger charge is 2.38. The molecular weight excluding hydrogens is 470 g/mol. The van der Waals surface area contributed by atoms with Gasteiger partial charge in [-0.3, -0.25) is 9.59 Å². The molecule has 1 aromatic heterocycles. The van der Waals surface area contributed by atoms with E-state index in [9.17, 15) is 9.59 Å². The fourth-order valence-electron chi connectivity index (χ4n) is 4.94. The summed E-state index contributed by atoms with van der Waals surface area (Å²) in [5, 5.41) is 6.24. The number of nitrogens with zero attached hydrogens (tertiary/aromatic N) is 3. The predicted octanol–water partition coefficient (Wildman–Crippen LogP) is 4.44. The Balaban J connectivity index is 1.37. The van der Waals surface area contributed by atoms with Gasteiger partial charge in [0.2, 0.25) is 5.91 Å². The summed E-state index contributed by atoms with van der Waals surface area (Å²) in [4.78, 5) is 34.3. The van der Waals surface area contributed by atoms with Crippen molar-refractivity contribution in [1.82, 2.24) is 4.98 Å². The van der Waals surface area contributed by atoms with E-state index in [4.69, 9.17) is 9.47 Å². The van der Waals surface area contributed by atoms with E-state index in [-0.39, 0.29) is 23.9 Å². The van der Waals surface area contributed by atoms with Gasteiger partial charge in [-0.05, 0) is 62.2 Å².